The molecule has 0 saturated heterocycles. The van der Waals surface area contributed by atoms with Gasteiger partial charge in [0.2, 0.25) is 16.9 Å². The number of esters is 1. The molecule has 3 atom stereocenters. The Bertz CT molecular complexity index is 1040. The maximum atomic E-state index is 13.1. The monoisotopic (exact) mass is 554 g/mol. The van der Waals surface area contributed by atoms with Gasteiger partial charge < -0.3 is 26.4 Å². The zero-order chi connectivity index (χ0) is 27.8. The molecule has 37 heavy (non-hydrogen) atoms. The summed E-state index contributed by atoms with van der Waals surface area (Å²) < 4.78 is 5.64. The number of ether oxygens (including phenoxy) is 1. The number of quaternary nitrogens is 1. The zero-order valence-electron chi connectivity index (χ0n) is 21.8. The molecule has 1 aliphatic heterocycles. The summed E-state index contributed by atoms with van der Waals surface area (Å²) >= 11 is 2.38. The van der Waals surface area contributed by atoms with Crippen molar-refractivity contribution in [2.75, 3.05) is 5.75 Å². The minimum absolute atomic E-state index is 0.0103. The number of nitrogens with one attached hydrogen (secondary N) is 3. The van der Waals surface area contributed by atoms with Crippen LogP contribution in [0, 0.1) is 5.92 Å². The molecule has 2 heterocycles. The number of thioether (sulfide) groups is 1. The number of amides is 3. The molecule has 1 aromatic rings. The smallest absolute Gasteiger partial charge is 0.329 e. The summed E-state index contributed by atoms with van der Waals surface area (Å²) in [4.78, 5) is 67.3. The second-order valence-corrected chi connectivity index (χ2v) is 11.7. The molecule has 0 fully saturated rings. The molecule has 11 nitrogen and oxygen atoms in total. The Morgan fingerprint density at radius 3 is 2.65 bits per heavy atom. The fourth-order valence-electron chi connectivity index (χ4n) is 3.14. The molecule has 1 aliphatic rings. The standard InChI is InChI=1S/C24H35N5O6S2/c1-13(2)19-21(32)35-15(8-6-7-9-36-22(33)14(3)25)10-17(30)26-11-18-27-16(12-37-18)20(31)29-24(4,5)23(34)28-19/h6,8,12-15,19H,7,9-11,25H2,1-5H3,(H,26,30)(H,28,34)(H,29,31)/p+1. The molecule has 2 bridgehead atoms. The lowest BCUT2D eigenvalue weighted by Gasteiger charge is -2.29. The Balaban J connectivity index is 2.25. The van der Waals surface area contributed by atoms with Crippen LogP contribution in [-0.2, 0) is 30.5 Å². The number of rotatable bonds is 6. The molecule has 13 heteroatoms. The van der Waals surface area contributed by atoms with E-state index in [9.17, 15) is 24.0 Å². The molecule has 3 amide bonds. The van der Waals surface area contributed by atoms with Gasteiger partial charge in [-0.05, 0) is 39.2 Å². The summed E-state index contributed by atoms with van der Waals surface area (Å²) in [6.07, 6.45) is 2.87. The predicted molar refractivity (Wildman–Crippen MR) is 140 cm³/mol. The number of nitrogens with zero attached hydrogens (tertiary/aromatic N) is 1. The molecule has 0 aliphatic carbocycles. The summed E-state index contributed by atoms with van der Waals surface area (Å²) in [7, 11) is 0. The normalized spacial score (nSPS) is 22.2. The fourth-order valence-corrected chi connectivity index (χ4v) is 4.59. The molecule has 1 aromatic heterocycles. The molecule has 204 valence electrons. The maximum Gasteiger partial charge on any atom is 0.329 e. The van der Waals surface area contributed by atoms with E-state index < -0.39 is 35.5 Å². The van der Waals surface area contributed by atoms with E-state index in [1.54, 1.807) is 38.3 Å². The SMILES string of the molecule is CC([NH3+])C(=O)SCCC=CC1CC(=O)NCc2nc(cs2)C(=O)NC(C)(C)C(=O)NC(C(C)C)C(=O)O1. The van der Waals surface area contributed by atoms with Crippen LogP contribution >= 0.6 is 23.1 Å². The number of aromatic nitrogens is 1. The molecule has 2 rings (SSSR count). The quantitative estimate of drug-likeness (QED) is 0.224. The van der Waals surface area contributed by atoms with E-state index in [0.717, 1.165) is 0 Å². The summed E-state index contributed by atoms with van der Waals surface area (Å²) in [5.41, 5.74) is 2.50. The Hall–Kier alpha value is -2.77. The highest BCUT2D eigenvalue weighted by atomic mass is 32.2. The predicted octanol–water partition coefficient (Wildman–Crippen LogP) is 0.561. The Morgan fingerprint density at radius 2 is 2.00 bits per heavy atom. The average Bonchev–Trinajstić information content (AvgIpc) is 3.28. The first-order valence-corrected chi connectivity index (χ1v) is 13.9. The number of thiazole rings is 1. The number of allylic oxidation sites excluding steroid dienone is 1. The minimum Gasteiger partial charge on any atom is -0.456 e. The molecular weight excluding hydrogens is 518 g/mol. The van der Waals surface area contributed by atoms with Crippen molar-refractivity contribution >= 4 is 51.9 Å². The lowest BCUT2D eigenvalue weighted by atomic mass is 9.99. The summed E-state index contributed by atoms with van der Waals surface area (Å²) in [6.45, 7) is 8.40. The van der Waals surface area contributed by atoms with Crippen molar-refractivity contribution in [1.82, 2.24) is 20.9 Å². The van der Waals surface area contributed by atoms with E-state index in [-0.39, 0.29) is 41.6 Å². The van der Waals surface area contributed by atoms with Gasteiger partial charge in [-0.15, -0.1) is 11.3 Å². The number of carbonyl (C=O) groups excluding carboxylic acids is 5. The lowest BCUT2D eigenvalue weighted by molar-refractivity contribution is -0.395. The van der Waals surface area contributed by atoms with Gasteiger partial charge in [0, 0.05) is 11.1 Å². The van der Waals surface area contributed by atoms with Gasteiger partial charge in [0.15, 0.2) is 6.04 Å². The van der Waals surface area contributed by atoms with Crippen molar-refractivity contribution in [3.8, 4) is 0 Å². The van der Waals surface area contributed by atoms with Gasteiger partial charge >= 0.3 is 5.97 Å². The zero-order valence-corrected chi connectivity index (χ0v) is 23.4. The molecule has 0 radical (unpaired) electrons. The van der Waals surface area contributed by atoms with Crippen LogP contribution in [0.3, 0.4) is 0 Å². The van der Waals surface area contributed by atoms with Crippen molar-refractivity contribution in [3.63, 3.8) is 0 Å². The fraction of sp³-hybridized carbons (Fsp3) is 0.583. The second-order valence-electron chi connectivity index (χ2n) is 9.64. The Morgan fingerprint density at radius 1 is 1.30 bits per heavy atom. The first kappa shape index (κ1) is 30.5. The first-order valence-electron chi connectivity index (χ1n) is 12.0. The highest BCUT2D eigenvalue weighted by molar-refractivity contribution is 8.13. The minimum atomic E-state index is -1.33. The molecule has 0 saturated carbocycles. The summed E-state index contributed by atoms with van der Waals surface area (Å²) in [5, 5.41) is 10.1. The van der Waals surface area contributed by atoms with Crippen molar-refractivity contribution in [3.05, 3.63) is 28.2 Å². The van der Waals surface area contributed by atoms with Gasteiger partial charge in [-0.25, -0.2) is 9.78 Å². The van der Waals surface area contributed by atoms with Gasteiger partial charge in [0.05, 0.1) is 13.0 Å². The first-order chi connectivity index (χ1) is 17.3. The van der Waals surface area contributed by atoms with Crippen LogP contribution in [0.5, 0.6) is 0 Å². The third-order valence-corrected chi connectivity index (χ3v) is 7.33. The number of carbonyl (C=O) groups is 5. The van der Waals surface area contributed by atoms with Crippen molar-refractivity contribution in [2.45, 2.75) is 77.7 Å². The van der Waals surface area contributed by atoms with E-state index in [1.807, 2.05) is 0 Å². The van der Waals surface area contributed by atoms with Crippen LogP contribution in [0.2, 0.25) is 0 Å². The van der Waals surface area contributed by atoms with Crippen LogP contribution in [0.4, 0.5) is 0 Å². The van der Waals surface area contributed by atoms with Crippen LogP contribution in [0.1, 0.15) is 63.0 Å². The van der Waals surface area contributed by atoms with Gasteiger partial charge in [0.25, 0.3) is 5.91 Å². The number of hydrogen-bond acceptors (Lipinski definition) is 9. The molecule has 3 unspecified atom stereocenters. The average molecular weight is 555 g/mol. The Labute approximate surface area is 224 Å². The lowest BCUT2D eigenvalue weighted by Crippen LogP contribution is -2.62. The third kappa shape index (κ3) is 9.56. The van der Waals surface area contributed by atoms with Gasteiger partial charge in [-0.1, -0.05) is 31.7 Å². The van der Waals surface area contributed by atoms with Gasteiger partial charge in [-0.2, -0.15) is 0 Å². The van der Waals surface area contributed by atoms with Crippen LogP contribution in [0.15, 0.2) is 17.5 Å². The van der Waals surface area contributed by atoms with Crippen LogP contribution in [0.25, 0.3) is 0 Å². The number of fused-ring (bicyclic) bond motifs is 2. The van der Waals surface area contributed by atoms with Crippen LogP contribution < -0.4 is 21.7 Å². The largest absolute Gasteiger partial charge is 0.456 e. The van der Waals surface area contributed by atoms with Gasteiger partial charge in [-0.3, -0.25) is 19.2 Å². The van der Waals surface area contributed by atoms with E-state index in [0.29, 0.717) is 17.2 Å². The van der Waals surface area contributed by atoms with Crippen molar-refractivity contribution in [2.24, 2.45) is 5.92 Å². The van der Waals surface area contributed by atoms with E-state index in [4.69, 9.17) is 4.74 Å². The summed E-state index contributed by atoms with van der Waals surface area (Å²) in [6, 6.07) is -1.31. The molecular formula is C24H36N5O6S2+. The van der Waals surface area contributed by atoms with Gasteiger partial charge in [0.1, 0.15) is 28.4 Å². The highest BCUT2D eigenvalue weighted by Crippen LogP contribution is 2.15. The van der Waals surface area contributed by atoms with Crippen molar-refractivity contribution in [1.29, 1.82) is 0 Å². The van der Waals surface area contributed by atoms with Crippen LogP contribution in [-0.4, -0.2) is 63.3 Å². The van der Waals surface area contributed by atoms with Crippen molar-refractivity contribution < 1.29 is 34.4 Å². The molecule has 0 aromatic carbocycles. The number of hydrogen-bond donors (Lipinski definition) is 4. The van der Waals surface area contributed by atoms with E-state index >= 15 is 0 Å². The summed E-state index contributed by atoms with van der Waals surface area (Å²) in [5.74, 6) is -1.98. The Kier molecular flexibility index (Phi) is 11.3. The molecule has 0 spiro atoms. The van der Waals surface area contributed by atoms with E-state index in [2.05, 4.69) is 26.7 Å². The topological polar surface area (TPSA) is 171 Å². The maximum absolute atomic E-state index is 13.1. The third-order valence-electron chi connectivity index (χ3n) is 5.36. The van der Waals surface area contributed by atoms with E-state index in [1.165, 1.54) is 36.9 Å². The number of cyclic esters (lactones) is 1. The second kappa shape index (κ2) is 13.7. The highest BCUT2D eigenvalue weighted by Gasteiger charge is 2.36. The molecule has 6 N–H and O–H groups in total.